The fourth-order valence-electron chi connectivity index (χ4n) is 9.70. The van der Waals surface area contributed by atoms with Gasteiger partial charge in [0.05, 0.1) is 26.4 Å². The van der Waals surface area contributed by atoms with Crippen LogP contribution in [0.1, 0.15) is 232 Å². The first-order valence-corrected chi connectivity index (χ1v) is 31.5. The third kappa shape index (κ3) is 37.3. The lowest BCUT2D eigenvalue weighted by atomic mass is 9.98. The molecule has 0 spiro atoms. The van der Waals surface area contributed by atoms with Crippen molar-refractivity contribution in [2.75, 3.05) is 33.0 Å². The van der Waals surface area contributed by atoms with Gasteiger partial charge in [0.2, 0.25) is 0 Å². The van der Waals surface area contributed by atoms with Crippen molar-refractivity contribution >= 4 is 5.97 Å². The predicted molar refractivity (Wildman–Crippen MR) is 316 cm³/mol. The molecule has 2 fully saturated rings. The molecule has 0 aromatic rings. The second-order valence-corrected chi connectivity index (χ2v) is 21.9. The Bertz CT molecular complexity index is 1580. The minimum Gasteiger partial charge on any atom is -0.457 e. The number of carbonyl (C=O) groups is 1. The zero-order valence-electron chi connectivity index (χ0n) is 49.3. The van der Waals surface area contributed by atoms with Crippen molar-refractivity contribution in [3.8, 4) is 0 Å². The van der Waals surface area contributed by atoms with Crippen molar-refractivity contribution in [2.24, 2.45) is 0 Å². The van der Waals surface area contributed by atoms with Gasteiger partial charge in [-0.2, -0.15) is 0 Å². The van der Waals surface area contributed by atoms with Crippen LogP contribution in [0.25, 0.3) is 0 Å². The van der Waals surface area contributed by atoms with Crippen LogP contribution in [-0.4, -0.2) is 142 Å². The van der Waals surface area contributed by atoms with Gasteiger partial charge in [-0.05, 0) is 64.2 Å². The fourth-order valence-corrected chi connectivity index (χ4v) is 9.70. The molecule has 14 heteroatoms. The van der Waals surface area contributed by atoms with Crippen LogP contribution in [0.3, 0.4) is 0 Å². The van der Waals surface area contributed by atoms with Crippen molar-refractivity contribution in [1.29, 1.82) is 0 Å². The topological polar surface area (TPSA) is 214 Å². The molecular weight excluding hydrogens is 1000 g/mol. The summed E-state index contributed by atoms with van der Waals surface area (Å²) in [6.45, 7) is 3.52. The monoisotopic (exact) mass is 1120 g/mol. The molecule has 2 saturated heterocycles. The molecule has 0 radical (unpaired) electrons. The number of carbonyl (C=O) groups excluding carboxylic acids is 1. The first-order chi connectivity index (χ1) is 38.6. The van der Waals surface area contributed by atoms with Crippen molar-refractivity contribution < 1.29 is 69.0 Å². The molecule has 458 valence electrons. The third-order valence-corrected chi connectivity index (χ3v) is 14.7. The Kier molecular flexibility index (Phi) is 46.9. The van der Waals surface area contributed by atoms with Crippen LogP contribution in [0, 0.1) is 0 Å². The summed E-state index contributed by atoms with van der Waals surface area (Å²) in [7, 11) is 0. The van der Waals surface area contributed by atoms with E-state index in [0.29, 0.717) is 13.0 Å². The van der Waals surface area contributed by atoms with Gasteiger partial charge in [0, 0.05) is 13.0 Å². The SMILES string of the molecule is CC/C=C\C/C=C\C/C=C\C/C=C\C/C=C\C/C=C\CCCCCOCC(COC1OC(COC2OC(CO)C(O)C(O)C2O)C(O)C(O)C1O)OC(=O)CCCCCCCCCCCCCCCCCCCCCCCCC. The summed E-state index contributed by atoms with van der Waals surface area (Å²) in [6.07, 6.45) is 49.7. The van der Waals surface area contributed by atoms with Gasteiger partial charge in [-0.3, -0.25) is 4.79 Å². The van der Waals surface area contributed by atoms with E-state index in [2.05, 4.69) is 86.8 Å². The second-order valence-electron chi connectivity index (χ2n) is 21.9. The molecule has 0 amide bonds. The van der Waals surface area contributed by atoms with Crippen molar-refractivity contribution in [3.05, 3.63) is 72.9 Å². The molecule has 7 N–H and O–H groups in total. The highest BCUT2D eigenvalue weighted by atomic mass is 16.7. The highest BCUT2D eigenvalue weighted by molar-refractivity contribution is 5.69. The Balaban J connectivity index is 1.70. The normalized spacial score (nSPS) is 24.5. The van der Waals surface area contributed by atoms with Crippen LogP contribution >= 0.6 is 0 Å². The predicted octanol–water partition coefficient (Wildman–Crippen LogP) is 12.2. The van der Waals surface area contributed by atoms with E-state index in [1.807, 2.05) is 0 Å². The number of aliphatic hydroxyl groups is 7. The number of rotatable bonds is 51. The Labute approximate surface area is 478 Å². The number of ether oxygens (including phenoxy) is 6. The van der Waals surface area contributed by atoms with E-state index in [1.54, 1.807) is 0 Å². The zero-order valence-corrected chi connectivity index (χ0v) is 49.3. The number of unbranched alkanes of at least 4 members (excludes halogenated alkanes) is 25. The Hall–Kier alpha value is -2.57. The van der Waals surface area contributed by atoms with E-state index in [1.165, 1.54) is 122 Å². The molecule has 0 bridgehead atoms. The van der Waals surface area contributed by atoms with Crippen molar-refractivity contribution in [1.82, 2.24) is 0 Å². The maximum Gasteiger partial charge on any atom is 0.306 e. The summed E-state index contributed by atoms with van der Waals surface area (Å²) in [5.74, 6) is -0.386. The molecule has 14 nitrogen and oxygen atoms in total. The number of hydrogen-bond acceptors (Lipinski definition) is 14. The van der Waals surface area contributed by atoms with E-state index < -0.39 is 80.7 Å². The lowest BCUT2D eigenvalue weighted by molar-refractivity contribution is -0.332. The van der Waals surface area contributed by atoms with Crippen molar-refractivity contribution in [2.45, 2.75) is 300 Å². The highest BCUT2D eigenvalue weighted by Crippen LogP contribution is 2.27. The summed E-state index contributed by atoms with van der Waals surface area (Å²) >= 11 is 0. The van der Waals surface area contributed by atoms with Crippen molar-refractivity contribution in [3.63, 3.8) is 0 Å². The number of esters is 1. The van der Waals surface area contributed by atoms with Gasteiger partial charge in [-0.1, -0.05) is 234 Å². The average Bonchev–Trinajstić information content (AvgIpc) is 3.46. The van der Waals surface area contributed by atoms with Crippen LogP contribution in [0.15, 0.2) is 72.9 Å². The van der Waals surface area contributed by atoms with Crippen LogP contribution in [0.5, 0.6) is 0 Å². The first kappa shape index (κ1) is 72.5. The average molecular weight is 1120 g/mol. The Morgan fingerprint density at radius 2 is 0.823 bits per heavy atom. The van der Waals surface area contributed by atoms with Gasteiger partial charge in [-0.15, -0.1) is 0 Å². The lowest BCUT2D eigenvalue weighted by Crippen LogP contribution is -2.61. The molecule has 2 rings (SSSR count). The number of aliphatic hydroxyl groups excluding tert-OH is 7. The highest BCUT2D eigenvalue weighted by Gasteiger charge is 2.47. The van der Waals surface area contributed by atoms with E-state index in [4.69, 9.17) is 28.4 Å². The molecule has 11 unspecified atom stereocenters. The molecule has 2 aliphatic heterocycles. The molecule has 0 aromatic carbocycles. The Morgan fingerprint density at radius 1 is 0.430 bits per heavy atom. The second kappa shape index (κ2) is 51.1. The molecule has 2 heterocycles. The smallest absolute Gasteiger partial charge is 0.306 e. The van der Waals surface area contributed by atoms with Crippen LogP contribution < -0.4 is 0 Å². The summed E-state index contributed by atoms with van der Waals surface area (Å²) in [5.41, 5.74) is 0. The fraction of sp³-hybridized carbons (Fsp3) is 0.800. The molecule has 0 aromatic heterocycles. The minimum atomic E-state index is -1.72. The van der Waals surface area contributed by atoms with Gasteiger partial charge in [0.25, 0.3) is 0 Å². The van der Waals surface area contributed by atoms with Gasteiger partial charge in [-0.25, -0.2) is 0 Å². The molecule has 0 saturated carbocycles. The quantitative estimate of drug-likeness (QED) is 0.0172. The maximum atomic E-state index is 13.1. The molecule has 0 aliphatic carbocycles. The Morgan fingerprint density at radius 3 is 1.28 bits per heavy atom. The lowest BCUT2D eigenvalue weighted by Gasteiger charge is -2.42. The summed E-state index contributed by atoms with van der Waals surface area (Å²) in [5, 5.41) is 72.5. The third-order valence-electron chi connectivity index (χ3n) is 14.7. The molecule has 11 atom stereocenters. The van der Waals surface area contributed by atoms with Crippen LogP contribution in [0.2, 0.25) is 0 Å². The van der Waals surface area contributed by atoms with E-state index in [0.717, 1.165) is 83.5 Å². The number of hydrogen-bond donors (Lipinski definition) is 7. The largest absolute Gasteiger partial charge is 0.457 e. The van der Waals surface area contributed by atoms with E-state index in [9.17, 15) is 40.5 Å². The maximum absolute atomic E-state index is 13.1. The summed E-state index contributed by atoms with van der Waals surface area (Å²) < 4.78 is 34.4. The minimum absolute atomic E-state index is 0.0376. The van der Waals surface area contributed by atoms with Gasteiger partial charge in [0.15, 0.2) is 12.6 Å². The summed E-state index contributed by atoms with van der Waals surface area (Å²) in [6, 6.07) is 0. The summed E-state index contributed by atoms with van der Waals surface area (Å²) in [4.78, 5) is 13.1. The van der Waals surface area contributed by atoms with Crippen LogP contribution in [0.4, 0.5) is 0 Å². The van der Waals surface area contributed by atoms with Crippen LogP contribution in [-0.2, 0) is 33.2 Å². The van der Waals surface area contributed by atoms with Gasteiger partial charge >= 0.3 is 5.97 Å². The standard InChI is InChI=1S/C65H114O14/c1-3-5-7-9-11-13-15-17-19-21-23-25-27-28-30-32-34-36-38-40-42-44-46-48-57(67)77-54(51-74-49-47-45-43-41-39-37-35-33-31-29-26-24-22-20-18-16-14-12-10-8-6-4-2)52-75-64-63(73)61(71)59(69)56(79-64)53-76-65-62(72)60(70)58(68)55(50-66)78-65/h6,8,12,14,18,20,24,26,31,33,37,39,54-56,58-66,68-73H,3-5,7,9-11,13,15-17,19,21-23,25,27-30,32,34-36,38,40-53H2,1-2H3/b8-6-,14-12-,20-18-,26-24-,33-31-,39-37-. The first-order valence-electron chi connectivity index (χ1n) is 31.5. The number of allylic oxidation sites excluding steroid dienone is 12. The molecule has 79 heavy (non-hydrogen) atoms. The van der Waals surface area contributed by atoms with E-state index in [-0.39, 0.29) is 25.6 Å². The van der Waals surface area contributed by atoms with Gasteiger partial charge in [0.1, 0.15) is 54.9 Å². The molecular formula is C65H114O14. The zero-order chi connectivity index (χ0) is 57.2. The van der Waals surface area contributed by atoms with E-state index >= 15 is 0 Å². The van der Waals surface area contributed by atoms with Gasteiger partial charge < -0.3 is 64.2 Å². The molecule has 2 aliphatic rings.